The van der Waals surface area contributed by atoms with Crippen LogP contribution in [0.3, 0.4) is 0 Å². The van der Waals surface area contributed by atoms with Crippen LogP contribution in [-0.4, -0.2) is 145 Å². The maximum atomic E-state index is 13.2. The van der Waals surface area contributed by atoms with E-state index >= 15 is 0 Å². The molecule has 1 amide bonds. The van der Waals surface area contributed by atoms with Crippen molar-refractivity contribution in [2.45, 2.75) is 206 Å². The lowest BCUT2D eigenvalue weighted by atomic mass is 9.79. The standard InChI is InChI=1S/C43H80NO18P/c1-25(2)13-12-15-26(3)16-17-28(5)18-21-42(7,8)20-11-10-14-27(4)19-22-57-31(38(50)51)24-58-63(55,56)62-41-35(36(49)43(9,54)37(61-41)39(52)53)60-40-32(44-29(6)46)34(48)33(47)30(23-45)59-40/h25-28,30-37,40-41,45,47-49,54H,10-24H2,1-9H3,(H,44,46)(H,50,51)(H,52,53)(H,55,56)/t26?,27?,28?,30-,31+,32-,33-,34-,35-,36-,37-,40+,41-,43+/m1/s1. The van der Waals surface area contributed by atoms with Crippen LogP contribution in [0, 0.1) is 29.1 Å². The van der Waals surface area contributed by atoms with Gasteiger partial charge in [0.05, 0.1) is 13.2 Å². The van der Waals surface area contributed by atoms with Gasteiger partial charge in [0.15, 0.2) is 24.8 Å². The third kappa shape index (κ3) is 19.5. The molecule has 0 aromatic carbocycles. The van der Waals surface area contributed by atoms with Crippen molar-refractivity contribution in [1.29, 1.82) is 0 Å². The molecule has 0 aromatic heterocycles. The minimum absolute atomic E-state index is 0.00669. The first kappa shape index (κ1) is 57.3. The van der Waals surface area contributed by atoms with Crippen molar-refractivity contribution in [1.82, 2.24) is 5.32 Å². The summed E-state index contributed by atoms with van der Waals surface area (Å²) in [6.07, 6.45) is -4.36. The van der Waals surface area contributed by atoms with Gasteiger partial charge in [0.2, 0.25) is 5.91 Å². The molecule has 2 rings (SSSR count). The molecule has 2 saturated heterocycles. The molecule has 9 N–H and O–H groups in total. The largest absolute Gasteiger partial charge is 0.479 e. The van der Waals surface area contributed by atoms with Crippen LogP contribution in [0.1, 0.15) is 139 Å². The van der Waals surface area contributed by atoms with Crippen LogP contribution in [0.15, 0.2) is 0 Å². The number of carbonyl (C=O) groups is 3. The number of hydrogen-bond acceptors (Lipinski definition) is 15. The average Bonchev–Trinajstić information content (AvgIpc) is 3.18. The minimum Gasteiger partial charge on any atom is -0.479 e. The number of amides is 1. The minimum atomic E-state index is -5.43. The molecule has 63 heavy (non-hydrogen) atoms. The molecule has 370 valence electrons. The van der Waals surface area contributed by atoms with Gasteiger partial charge < -0.3 is 64.9 Å². The van der Waals surface area contributed by atoms with E-state index in [4.69, 9.17) is 28.0 Å². The van der Waals surface area contributed by atoms with E-state index in [9.17, 15) is 59.6 Å². The number of carbonyl (C=O) groups excluding carboxylic acids is 1. The third-order valence-corrected chi connectivity index (χ3v) is 13.3. The Kier molecular flexibility index (Phi) is 24.1. The highest BCUT2D eigenvalue weighted by Crippen LogP contribution is 2.48. The fourth-order valence-corrected chi connectivity index (χ4v) is 8.74. The Balaban J connectivity index is 1.93. The number of nitrogens with one attached hydrogen (secondary N) is 1. The molecule has 0 radical (unpaired) electrons. The Labute approximate surface area is 373 Å². The summed E-state index contributed by atoms with van der Waals surface area (Å²) in [6.45, 7) is 16.0. The van der Waals surface area contributed by atoms with Gasteiger partial charge in [-0.2, -0.15) is 0 Å². The molecule has 4 unspecified atom stereocenters. The van der Waals surface area contributed by atoms with Gasteiger partial charge in [-0.3, -0.25) is 13.8 Å². The molecule has 0 bridgehead atoms. The van der Waals surface area contributed by atoms with E-state index in [-0.39, 0.29) is 17.9 Å². The number of aliphatic carboxylic acids is 2. The van der Waals surface area contributed by atoms with Gasteiger partial charge in [0.25, 0.3) is 0 Å². The third-order valence-electron chi connectivity index (χ3n) is 12.3. The summed E-state index contributed by atoms with van der Waals surface area (Å²) in [7, 11) is -5.43. The summed E-state index contributed by atoms with van der Waals surface area (Å²) in [5.74, 6) is -1.65. The first-order valence-corrected chi connectivity index (χ1v) is 24.0. The zero-order valence-electron chi connectivity index (χ0n) is 38.8. The smallest absolute Gasteiger partial charge is 0.474 e. The maximum absolute atomic E-state index is 13.2. The molecule has 2 aliphatic rings. The van der Waals surface area contributed by atoms with Crippen molar-refractivity contribution in [3.05, 3.63) is 0 Å². The molecule has 0 aliphatic carbocycles. The van der Waals surface area contributed by atoms with Crippen LogP contribution in [0.5, 0.6) is 0 Å². The summed E-state index contributed by atoms with van der Waals surface area (Å²) >= 11 is 0. The number of rotatable bonds is 30. The predicted octanol–water partition coefficient (Wildman–Crippen LogP) is 4.11. The van der Waals surface area contributed by atoms with Crippen molar-refractivity contribution in [3.63, 3.8) is 0 Å². The molecule has 2 fully saturated rings. The van der Waals surface area contributed by atoms with Gasteiger partial charge in [-0.1, -0.05) is 106 Å². The van der Waals surface area contributed by atoms with Crippen LogP contribution >= 0.6 is 7.82 Å². The number of carboxylic acids is 2. The number of unbranched alkanes of at least 4 members (excludes halogenated alkanes) is 1. The normalized spacial score (nSPS) is 30.9. The molecular formula is C43H80NO18P. The quantitative estimate of drug-likeness (QED) is 0.0362. The van der Waals surface area contributed by atoms with Gasteiger partial charge in [0.1, 0.15) is 42.2 Å². The van der Waals surface area contributed by atoms with Crippen molar-refractivity contribution in [3.8, 4) is 0 Å². The summed E-state index contributed by atoms with van der Waals surface area (Å²) in [5, 5.41) is 74.6. The van der Waals surface area contributed by atoms with Crippen LogP contribution < -0.4 is 5.32 Å². The second-order valence-corrected chi connectivity index (χ2v) is 20.9. The lowest BCUT2D eigenvalue weighted by molar-refractivity contribution is -0.354. The Morgan fingerprint density at radius 2 is 1.43 bits per heavy atom. The number of carboxylic acid groups (broad SMARTS) is 2. The molecule has 2 heterocycles. The molecule has 0 saturated carbocycles. The topological polar surface area (TPSA) is 298 Å². The van der Waals surface area contributed by atoms with Gasteiger partial charge >= 0.3 is 19.8 Å². The number of aliphatic hydroxyl groups is 5. The predicted molar refractivity (Wildman–Crippen MR) is 229 cm³/mol. The lowest BCUT2D eigenvalue weighted by Gasteiger charge is -2.49. The second-order valence-electron chi connectivity index (χ2n) is 19.4. The fraction of sp³-hybridized carbons (Fsp3) is 0.930. The van der Waals surface area contributed by atoms with E-state index in [2.05, 4.69) is 46.9 Å². The first-order valence-electron chi connectivity index (χ1n) is 22.5. The van der Waals surface area contributed by atoms with E-state index in [0.717, 1.165) is 51.4 Å². The van der Waals surface area contributed by atoms with E-state index < -0.39 is 106 Å². The number of phosphoric acid groups is 1. The first-order chi connectivity index (χ1) is 29.2. The molecule has 20 heteroatoms. The summed E-state index contributed by atoms with van der Waals surface area (Å²) in [4.78, 5) is 46.7. The highest BCUT2D eigenvalue weighted by atomic mass is 31.2. The van der Waals surface area contributed by atoms with Crippen LogP contribution in [0.2, 0.25) is 0 Å². The van der Waals surface area contributed by atoms with E-state index in [1.807, 2.05) is 6.92 Å². The van der Waals surface area contributed by atoms with Gasteiger partial charge in [-0.15, -0.1) is 0 Å². The Morgan fingerprint density at radius 1 is 0.825 bits per heavy atom. The summed E-state index contributed by atoms with van der Waals surface area (Å²) < 4.78 is 45.2. The van der Waals surface area contributed by atoms with E-state index in [0.29, 0.717) is 12.3 Å². The monoisotopic (exact) mass is 930 g/mol. The lowest BCUT2D eigenvalue weighted by Crippen LogP contribution is -2.70. The van der Waals surface area contributed by atoms with Crippen molar-refractivity contribution >= 4 is 25.7 Å². The molecule has 2 aliphatic heterocycles. The zero-order valence-corrected chi connectivity index (χ0v) is 39.7. The van der Waals surface area contributed by atoms with Crippen LogP contribution in [0.25, 0.3) is 0 Å². The summed E-state index contributed by atoms with van der Waals surface area (Å²) in [6, 6.07) is -1.60. The highest BCUT2D eigenvalue weighted by molar-refractivity contribution is 7.47. The Hall–Kier alpha value is -1.84. The molecule has 0 aromatic rings. The van der Waals surface area contributed by atoms with Gasteiger partial charge in [-0.05, 0) is 55.3 Å². The van der Waals surface area contributed by atoms with Gasteiger partial charge in [0, 0.05) is 13.5 Å². The Morgan fingerprint density at radius 3 is 2.00 bits per heavy atom. The van der Waals surface area contributed by atoms with E-state index in [1.165, 1.54) is 44.9 Å². The Bertz CT molecular complexity index is 1430. The van der Waals surface area contributed by atoms with Gasteiger partial charge in [-0.25, -0.2) is 14.2 Å². The SMILES string of the molecule is CC(=O)N[C@H]1[C@H](O[C@H]2[C@@H](OP(=O)(O)OC[C@H](OCCC(C)CCCCC(C)(C)CCC(C)CCC(C)CCCC(C)C)C(=O)O)O[C@H](C(=O)O)[C@@](C)(O)[C@@H]2O)O[C@H](CO)[C@@H](O)[C@@H]1O. The fourth-order valence-electron chi connectivity index (χ4n) is 7.92. The average molecular weight is 930 g/mol. The number of hydrogen-bond donors (Lipinski definition) is 9. The maximum Gasteiger partial charge on any atom is 0.474 e. The van der Waals surface area contributed by atoms with Crippen molar-refractivity contribution < 1.29 is 87.6 Å². The van der Waals surface area contributed by atoms with Crippen molar-refractivity contribution in [2.24, 2.45) is 29.1 Å². The second kappa shape index (κ2) is 26.5. The molecule has 19 nitrogen and oxygen atoms in total. The van der Waals surface area contributed by atoms with Crippen LogP contribution in [0.4, 0.5) is 0 Å². The zero-order chi connectivity index (χ0) is 47.9. The molecular weight excluding hydrogens is 849 g/mol. The molecule has 15 atom stereocenters. The highest BCUT2D eigenvalue weighted by Gasteiger charge is 2.59. The number of phosphoric ester groups is 1. The van der Waals surface area contributed by atoms with Crippen LogP contribution in [-0.2, 0) is 46.9 Å². The van der Waals surface area contributed by atoms with Crippen molar-refractivity contribution in [2.75, 3.05) is 19.8 Å². The number of ether oxygens (including phenoxy) is 4. The number of aliphatic hydroxyl groups excluding tert-OH is 4. The summed E-state index contributed by atoms with van der Waals surface area (Å²) in [5.41, 5.74) is -2.43. The molecule has 0 spiro atoms. The van der Waals surface area contributed by atoms with E-state index in [1.54, 1.807) is 0 Å².